The second kappa shape index (κ2) is 4.05. The van der Waals surface area contributed by atoms with Crippen molar-refractivity contribution in [2.75, 3.05) is 14.2 Å². The molecule has 94 valence electrons. The second-order valence-electron chi connectivity index (χ2n) is 4.40. The molecule has 1 aliphatic carbocycles. The van der Waals surface area contributed by atoms with Crippen LogP contribution in [0, 0.1) is 0 Å². The van der Waals surface area contributed by atoms with Gasteiger partial charge in [-0.3, -0.25) is 0 Å². The zero-order chi connectivity index (χ0) is 12.7. The summed E-state index contributed by atoms with van der Waals surface area (Å²) >= 11 is 0. The number of benzene rings is 1. The van der Waals surface area contributed by atoms with Crippen molar-refractivity contribution in [2.24, 2.45) is 0 Å². The molecule has 0 N–H and O–H groups in total. The first-order chi connectivity index (χ1) is 8.74. The molecule has 0 aliphatic heterocycles. The molecule has 1 heterocycles. The Morgan fingerprint density at radius 2 is 1.89 bits per heavy atom. The van der Waals surface area contributed by atoms with Crippen LogP contribution in [-0.4, -0.2) is 14.2 Å². The van der Waals surface area contributed by atoms with Crippen LogP contribution in [0.15, 0.2) is 21.3 Å². The van der Waals surface area contributed by atoms with Crippen LogP contribution in [0.5, 0.6) is 11.5 Å². The standard InChI is InChI=1S/C14H14O4/c1-16-8-6-11(17-2)13-9-4-3-5-10(9)14(15)18-12(13)7-8/h6-7H,3-5H2,1-2H3. The number of fused-ring (bicyclic) bond motifs is 3. The summed E-state index contributed by atoms with van der Waals surface area (Å²) in [6, 6.07) is 3.55. The highest BCUT2D eigenvalue weighted by Crippen LogP contribution is 2.36. The van der Waals surface area contributed by atoms with E-state index in [-0.39, 0.29) is 5.63 Å². The van der Waals surface area contributed by atoms with Gasteiger partial charge in [-0.1, -0.05) is 0 Å². The van der Waals surface area contributed by atoms with Gasteiger partial charge in [-0.2, -0.15) is 0 Å². The average molecular weight is 246 g/mol. The van der Waals surface area contributed by atoms with Crippen molar-refractivity contribution < 1.29 is 13.9 Å². The van der Waals surface area contributed by atoms with E-state index in [0.717, 1.165) is 35.8 Å². The van der Waals surface area contributed by atoms with Gasteiger partial charge in [-0.05, 0) is 24.8 Å². The monoisotopic (exact) mass is 246 g/mol. The van der Waals surface area contributed by atoms with Gasteiger partial charge in [0.05, 0.1) is 19.6 Å². The lowest BCUT2D eigenvalue weighted by Gasteiger charge is -2.10. The molecule has 0 radical (unpaired) electrons. The van der Waals surface area contributed by atoms with Gasteiger partial charge in [0.2, 0.25) is 0 Å². The van der Waals surface area contributed by atoms with Crippen LogP contribution in [-0.2, 0) is 12.8 Å². The Balaban J connectivity index is 2.44. The highest BCUT2D eigenvalue weighted by molar-refractivity contribution is 5.89. The molecular weight excluding hydrogens is 232 g/mol. The number of aryl methyl sites for hydroxylation is 1. The predicted octanol–water partition coefficient (Wildman–Crippen LogP) is 2.30. The summed E-state index contributed by atoms with van der Waals surface area (Å²) in [5.74, 6) is 1.33. The molecule has 1 aromatic carbocycles. The maximum atomic E-state index is 11.9. The Morgan fingerprint density at radius 1 is 1.11 bits per heavy atom. The van der Waals surface area contributed by atoms with E-state index in [2.05, 4.69) is 0 Å². The molecule has 3 rings (SSSR count). The second-order valence-corrected chi connectivity index (χ2v) is 4.40. The number of hydrogen-bond donors (Lipinski definition) is 0. The van der Waals surface area contributed by atoms with Gasteiger partial charge in [0, 0.05) is 17.7 Å². The van der Waals surface area contributed by atoms with Crippen molar-refractivity contribution in [3.05, 3.63) is 33.7 Å². The lowest BCUT2D eigenvalue weighted by molar-refractivity contribution is 0.395. The third-order valence-electron chi connectivity index (χ3n) is 3.46. The molecule has 2 aromatic rings. The van der Waals surface area contributed by atoms with E-state index in [0.29, 0.717) is 17.1 Å². The van der Waals surface area contributed by atoms with Crippen LogP contribution in [0.25, 0.3) is 11.0 Å². The molecule has 0 amide bonds. The van der Waals surface area contributed by atoms with E-state index in [1.807, 2.05) is 6.07 Å². The Hall–Kier alpha value is -1.97. The first-order valence-electron chi connectivity index (χ1n) is 5.95. The normalized spacial score (nSPS) is 13.7. The van der Waals surface area contributed by atoms with Crippen molar-refractivity contribution in [3.8, 4) is 11.5 Å². The average Bonchev–Trinajstić information content (AvgIpc) is 2.87. The van der Waals surface area contributed by atoms with E-state index in [1.165, 1.54) is 0 Å². The molecule has 1 aromatic heterocycles. The topological polar surface area (TPSA) is 48.7 Å². The van der Waals surface area contributed by atoms with Crippen LogP contribution in [0.2, 0.25) is 0 Å². The third-order valence-corrected chi connectivity index (χ3v) is 3.46. The Labute approximate surface area is 104 Å². The summed E-state index contributed by atoms with van der Waals surface area (Å²) in [6.07, 6.45) is 2.69. The van der Waals surface area contributed by atoms with Gasteiger partial charge in [0.15, 0.2) is 0 Å². The molecule has 0 fully saturated rings. The first kappa shape index (κ1) is 11.1. The van der Waals surface area contributed by atoms with Gasteiger partial charge >= 0.3 is 5.63 Å². The molecule has 18 heavy (non-hydrogen) atoms. The largest absolute Gasteiger partial charge is 0.496 e. The fourth-order valence-corrected chi connectivity index (χ4v) is 2.63. The summed E-state index contributed by atoms with van der Waals surface area (Å²) in [4.78, 5) is 11.9. The lowest BCUT2D eigenvalue weighted by Crippen LogP contribution is -2.07. The molecule has 1 aliphatic rings. The van der Waals surface area contributed by atoms with Gasteiger partial charge in [0.25, 0.3) is 0 Å². The van der Waals surface area contributed by atoms with Crippen LogP contribution in [0.3, 0.4) is 0 Å². The Bertz CT molecular complexity index is 670. The van der Waals surface area contributed by atoms with Crippen molar-refractivity contribution >= 4 is 11.0 Å². The summed E-state index contributed by atoms with van der Waals surface area (Å²) in [5, 5.41) is 0.908. The minimum absolute atomic E-state index is 0.231. The zero-order valence-electron chi connectivity index (χ0n) is 10.4. The van der Waals surface area contributed by atoms with Crippen LogP contribution < -0.4 is 15.1 Å². The lowest BCUT2D eigenvalue weighted by atomic mass is 10.1. The highest BCUT2D eigenvalue weighted by Gasteiger charge is 2.22. The van der Waals surface area contributed by atoms with Crippen LogP contribution >= 0.6 is 0 Å². The highest BCUT2D eigenvalue weighted by atomic mass is 16.5. The van der Waals surface area contributed by atoms with Gasteiger partial charge in [0.1, 0.15) is 17.1 Å². The summed E-state index contributed by atoms with van der Waals surface area (Å²) < 4.78 is 15.9. The molecule has 0 unspecified atom stereocenters. The number of hydrogen-bond acceptors (Lipinski definition) is 4. The number of rotatable bonds is 2. The Morgan fingerprint density at radius 3 is 2.61 bits per heavy atom. The fraction of sp³-hybridized carbons (Fsp3) is 0.357. The minimum atomic E-state index is -0.231. The maximum absolute atomic E-state index is 11.9. The van der Waals surface area contributed by atoms with Crippen molar-refractivity contribution in [1.29, 1.82) is 0 Å². The van der Waals surface area contributed by atoms with E-state index in [9.17, 15) is 4.79 Å². The van der Waals surface area contributed by atoms with Gasteiger partial charge in [-0.25, -0.2) is 4.79 Å². The third kappa shape index (κ3) is 1.49. The van der Waals surface area contributed by atoms with E-state index in [1.54, 1.807) is 20.3 Å². The quantitative estimate of drug-likeness (QED) is 0.763. The van der Waals surface area contributed by atoms with Crippen LogP contribution in [0.4, 0.5) is 0 Å². The molecule has 4 nitrogen and oxygen atoms in total. The molecule has 4 heteroatoms. The fourth-order valence-electron chi connectivity index (χ4n) is 2.63. The number of ether oxygens (including phenoxy) is 2. The van der Waals surface area contributed by atoms with Gasteiger partial charge < -0.3 is 13.9 Å². The molecule has 0 bridgehead atoms. The predicted molar refractivity (Wildman–Crippen MR) is 67.6 cm³/mol. The minimum Gasteiger partial charge on any atom is -0.496 e. The van der Waals surface area contributed by atoms with Crippen LogP contribution in [0.1, 0.15) is 17.5 Å². The van der Waals surface area contributed by atoms with Gasteiger partial charge in [-0.15, -0.1) is 0 Å². The summed E-state index contributed by atoms with van der Waals surface area (Å²) in [7, 11) is 3.19. The molecular formula is C14H14O4. The van der Waals surface area contributed by atoms with Crippen molar-refractivity contribution in [2.45, 2.75) is 19.3 Å². The Kier molecular flexibility index (Phi) is 2.51. The van der Waals surface area contributed by atoms with Crippen molar-refractivity contribution in [1.82, 2.24) is 0 Å². The maximum Gasteiger partial charge on any atom is 0.339 e. The molecule has 0 saturated carbocycles. The SMILES string of the molecule is COc1cc(OC)c2c3c(c(=O)oc2c1)CCC3. The van der Waals surface area contributed by atoms with E-state index < -0.39 is 0 Å². The number of methoxy groups -OCH3 is 2. The smallest absolute Gasteiger partial charge is 0.339 e. The van der Waals surface area contributed by atoms with Crippen molar-refractivity contribution in [3.63, 3.8) is 0 Å². The first-order valence-corrected chi connectivity index (χ1v) is 5.95. The molecule has 0 spiro atoms. The summed E-state index contributed by atoms with van der Waals surface area (Å²) in [6.45, 7) is 0. The molecule has 0 saturated heterocycles. The molecule has 0 atom stereocenters. The summed E-state index contributed by atoms with van der Waals surface area (Å²) in [5.41, 5.74) is 2.17. The van der Waals surface area contributed by atoms with E-state index >= 15 is 0 Å². The van der Waals surface area contributed by atoms with E-state index in [4.69, 9.17) is 13.9 Å². The zero-order valence-corrected chi connectivity index (χ0v) is 10.4.